The van der Waals surface area contributed by atoms with Crippen molar-refractivity contribution in [3.63, 3.8) is 0 Å². The van der Waals surface area contributed by atoms with Crippen LogP contribution in [0.15, 0.2) is 91.0 Å². The highest BCUT2D eigenvalue weighted by atomic mass is 16.6. The summed E-state index contributed by atoms with van der Waals surface area (Å²) in [6, 6.07) is 24.0. The Balaban J connectivity index is 1.09. The molecule has 0 bridgehead atoms. The molecule has 1 fully saturated rings. The molecule has 4 atom stereocenters. The molecule has 1 aliphatic carbocycles. The molecule has 3 aliphatic rings. The Labute approximate surface area is 286 Å². The van der Waals surface area contributed by atoms with Gasteiger partial charge in [0.05, 0.1) is 24.6 Å². The lowest BCUT2D eigenvalue weighted by Gasteiger charge is -2.29. The quantitative estimate of drug-likeness (QED) is 0.226. The number of rotatable bonds is 9. The van der Waals surface area contributed by atoms with E-state index < -0.39 is 30.1 Å². The molecular formula is C39H43N3O7. The average molecular weight is 666 g/mol. The number of nitrogens with one attached hydrogen (secondary N) is 2. The van der Waals surface area contributed by atoms with Gasteiger partial charge < -0.3 is 30.1 Å². The minimum absolute atomic E-state index is 0.000262. The Morgan fingerprint density at radius 1 is 0.918 bits per heavy atom. The van der Waals surface area contributed by atoms with Gasteiger partial charge in [-0.1, -0.05) is 91.0 Å². The lowest BCUT2D eigenvalue weighted by Crippen LogP contribution is -2.46. The van der Waals surface area contributed by atoms with Gasteiger partial charge in [0.1, 0.15) is 19.3 Å². The van der Waals surface area contributed by atoms with Crippen LogP contribution in [0.5, 0.6) is 0 Å². The van der Waals surface area contributed by atoms with Crippen molar-refractivity contribution in [2.24, 2.45) is 5.92 Å². The Kier molecular flexibility index (Phi) is 11.0. The average Bonchev–Trinajstić information content (AvgIpc) is 3.72. The molecule has 0 spiro atoms. The Morgan fingerprint density at radius 3 is 2.31 bits per heavy atom. The monoisotopic (exact) mass is 665 g/mol. The van der Waals surface area contributed by atoms with E-state index in [1.807, 2.05) is 66.7 Å². The van der Waals surface area contributed by atoms with Crippen LogP contribution in [0.4, 0.5) is 4.79 Å². The van der Waals surface area contributed by atoms with Crippen LogP contribution in [0.1, 0.15) is 54.7 Å². The maximum absolute atomic E-state index is 13.7. The summed E-state index contributed by atoms with van der Waals surface area (Å²) >= 11 is 0. The smallest absolute Gasteiger partial charge is 0.407 e. The number of carbonyl (C=O) groups is 4. The normalized spacial score (nSPS) is 22.0. The summed E-state index contributed by atoms with van der Waals surface area (Å²) in [5.74, 6) is -1.81. The van der Waals surface area contributed by atoms with Crippen LogP contribution in [-0.4, -0.2) is 78.4 Å². The summed E-state index contributed by atoms with van der Waals surface area (Å²) in [6.45, 7) is 0.400. The van der Waals surface area contributed by atoms with Gasteiger partial charge in [-0.2, -0.15) is 0 Å². The molecule has 0 radical (unpaired) electrons. The molecule has 10 heteroatoms. The number of fused-ring (bicyclic) bond motifs is 4. The van der Waals surface area contributed by atoms with Crippen LogP contribution in [0, 0.1) is 5.92 Å². The van der Waals surface area contributed by atoms with Crippen molar-refractivity contribution in [2.75, 3.05) is 26.4 Å². The van der Waals surface area contributed by atoms with E-state index in [9.17, 15) is 24.3 Å². The van der Waals surface area contributed by atoms with Crippen LogP contribution in [0.3, 0.4) is 0 Å². The number of nitrogens with zero attached hydrogens (tertiary/aromatic N) is 1. The molecule has 49 heavy (non-hydrogen) atoms. The summed E-state index contributed by atoms with van der Waals surface area (Å²) in [5.41, 5.74) is 5.41. The van der Waals surface area contributed by atoms with E-state index in [-0.39, 0.29) is 62.9 Å². The third-order valence-electron chi connectivity index (χ3n) is 9.65. The molecule has 0 saturated carbocycles. The zero-order valence-electron chi connectivity index (χ0n) is 27.5. The third-order valence-corrected chi connectivity index (χ3v) is 9.65. The second-order valence-electron chi connectivity index (χ2n) is 13.0. The fourth-order valence-electron chi connectivity index (χ4n) is 7.14. The summed E-state index contributed by atoms with van der Waals surface area (Å²) in [5, 5.41) is 15.5. The zero-order chi connectivity index (χ0) is 34.2. The minimum atomic E-state index is -0.984. The molecule has 10 nitrogen and oxygen atoms in total. The number of cyclic esters (lactones) is 1. The predicted molar refractivity (Wildman–Crippen MR) is 183 cm³/mol. The van der Waals surface area contributed by atoms with Crippen LogP contribution in [0.2, 0.25) is 0 Å². The maximum atomic E-state index is 13.7. The fourth-order valence-corrected chi connectivity index (χ4v) is 7.14. The van der Waals surface area contributed by atoms with Crippen LogP contribution in [-0.2, 0) is 30.3 Å². The van der Waals surface area contributed by atoms with E-state index in [4.69, 9.17) is 9.47 Å². The van der Waals surface area contributed by atoms with Gasteiger partial charge in [-0.15, -0.1) is 0 Å². The highest BCUT2D eigenvalue weighted by Gasteiger charge is 2.36. The summed E-state index contributed by atoms with van der Waals surface area (Å²) in [6.07, 6.45) is 5.05. The van der Waals surface area contributed by atoms with Crippen LogP contribution < -0.4 is 10.6 Å². The molecule has 3 aromatic rings. The molecule has 0 unspecified atom stereocenters. The van der Waals surface area contributed by atoms with Crippen molar-refractivity contribution in [1.82, 2.24) is 15.5 Å². The number of amides is 3. The first-order valence-corrected chi connectivity index (χ1v) is 17.1. The number of benzene rings is 3. The number of esters is 1. The third kappa shape index (κ3) is 8.20. The zero-order valence-corrected chi connectivity index (χ0v) is 27.5. The first-order valence-electron chi connectivity index (χ1n) is 17.1. The van der Waals surface area contributed by atoms with Crippen molar-refractivity contribution in [1.29, 1.82) is 0 Å². The van der Waals surface area contributed by atoms with Gasteiger partial charge in [0.15, 0.2) is 0 Å². The first-order chi connectivity index (χ1) is 23.9. The summed E-state index contributed by atoms with van der Waals surface area (Å²) in [4.78, 5) is 54.8. The molecule has 1 saturated heterocycles. The SMILES string of the molecule is O=C(C[C@@H]1C/C=C/C[C@H](NC(=O)OCC2c3ccccc3-c3ccccc32)C(=O)OC[C@@H]2CCCN2C1=O)N[C@@H](CO)Cc1ccccc1. The molecule has 2 heterocycles. The Morgan fingerprint density at radius 2 is 1.59 bits per heavy atom. The van der Waals surface area contributed by atoms with Gasteiger partial charge in [-0.05, 0) is 59.9 Å². The van der Waals surface area contributed by atoms with Crippen LogP contribution >= 0.6 is 0 Å². The molecule has 3 aromatic carbocycles. The number of ether oxygens (including phenoxy) is 2. The number of alkyl carbamates (subject to hydrolysis) is 1. The van der Waals surface area contributed by atoms with E-state index in [2.05, 4.69) is 22.8 Å². The number of carbonyl (C=O) groups excluding carboxylic acids is 4. The van der Waals surface area contributed by atoms with Gasteiger partial charge in [0.2, 0.25) is 11.8 Å². The molecule has 2 aliphatic heterocycles. The van der Waals surface area contributed by atoms with E-state index in [0.717, 1.165) is 34.2 Å². The lowest BCUT2D eigenvalue weighted by atomic mass is 9.97. The molecule has 6 rings (SSSR count). The maximum Gasteiger partial charge on any atom is 0.407 e. The van der Waals surface area contributed by atoms with Crippen LogP contribution in [0.25, 0.3) is 11.1 Å². The highest BCUT2D eigenvalue weighted by molar-refractivity contribution is 5.87. The predicted octanol–water partition coefficient (Wildman–Crippen LogP) is 4.50. The topological polar surface area (TPSA) is 134 Å². The second kappa shape index (κ2) is 16.0. The van der Waals surface area contributed by atoms with Gasteiger partial charge >= 0.3 is 12.1 Å². The fraction of sp³-hybridized carbons (Fsp3) is 0.385. The van der Waals surface area contributed by atoms with Crippen molar-refractivity contribution in [3.05, 3.63) is 108 Å². The second-order valence-corrected chi connectivity index (χ2v) is 13.0. The van der Waals surface area contributed by atoms with Crippen molar-refractivity contribution in [2.45, 2.75) is 62.6 Å². The largest absolute Gasteiger partial charge is 0.462 e. The van der Waals surface area contributed by atoms with E-state index in [1.165, 1.54) is 0 Å². The van der Waals surface area contributed by atoms with Crippen molar-refractivity contribution in [3.8, 4) is 11.1 Å². The van der Waals surface area contributed by atoms with Gasteiger partial charge in [-0.25, -0.2) is 9.59 Å². The van der Waals surface area contributed by atoms with E-state index >= 15 is 0 Å². The van der Waals surface area contributed by atoms with Crippen molar-refractivity contribution >= 4 is 23.9 Å². The van der Waals surface area contributed by atoms with Gasteiger partial charge in [-0.3, -0.25) is 9.59 Å². The summed E-state index contributed by atoms with van der Waals surface area (Å²) < 4.78 is 11.3. The van der Waals surface area contributed by atoms with E-state index in [0.29, 0.717) is 19.4 Å². The number of aliphatic hydroxyl groups is 1. The highest BCUT2D eigenvalue weighted by Crippen LogP contribution is 2.44. The number of allylic oxidation sites excluding steroid dienone is 1. The molecule has 256 valence electrons. The number of hydrogen-bond donors (Lipinski definition) is 3. The Bertz CT molecular complexity index is 1630. The first kappa shape index (κ1) is 33.9. The molecular weight excluding hydrogens is 622 g/mol. The lowest BCUT2D eigenvalue weighted by molar-refractivity contribution is -0.150. The summed E-state index contributed by atoms with van der Waals surface area (Å²) in [7, 11) is 0. The number of aliphatic hydroxyl groups excluding tert-OH is 1. The molecule has 3 amide bonds. The van der Waals surface area contributed by atoms with Gasteiger partial charge in [0.25, 0.3) is 0 Å². The molecule has 0 aromatic heterocycles. The molecule has 3 N–H and O–H groups in total. The minimum Gasteiger partial charge on any atom is -0.462 e. The number of hydrogen-bond acceptors (Lipinski definition) is 7. The van der Waals surface area contributed by atoms with Gasteiger partial charge in [0, 0.05) is 18.9 Å². The van der Waals surface area contributed by atoms with E-state index in [1.54, 1.807) is 17.1 Å². The van der Waals surface area contributed by atoms with Crippen molar-refractivity contribution < 1.29 is 33.8 Å². The Hall–Kier alpha value is -4.96. The standard InChI is InChI=1S/C39H43N3O7/c43-23-28(21-26-11-2-1-3-12-26)40-36(44)22-27-13-4-9-19-35(38(46)48-24-29-14-10-20-42(29)37(27)45)41-39(47)49-25-34-32-17-7-5-15-30(32)31-16-6-8-18-33(31)34/h1-9,11-12,15-18,27-29,34-35,43H,10,13-14,19-25H2,(H,40,44)(H,41,47)/b9-4+/t27-,28+,29-,35-/m0/s1.